The SMILES string of the molecule is COc1cc(F)cc(C2(COc3cnc(C)nc3C)CC2C(=O)Nc2ccc(C#N)cn2)c1. The van der Waals surface area contributed by atoms with Gasteiger partial charge in [-0.3, -0.25) is 4.79 Å². The standard InChI is InChI=1S/C24H22FN5O3/c1-14-21(12-27-15(2)29-14)33-13-24(17-6-18(25)8-19(7-17)32-3)9-20(24)23(31)30-22-5-4-16(10-26)11-28-22/h4-8,11-12,20H,9,13H2,1-3H3,(H,28,30,31). The van der Waals surface area contributed by atoms with Crippen LogP contribution in [0.15, 0.2) is 42.7 Å². The Morgan fingerprint density at radius 2 is 2.09 bits per heavy atom. The van der Waals surface area contributed by atoms with E-state index in [1.807, 2.05) is 13.0 Å². The Balaban J connectivity index is 1.60. The van der Waals surface area contributed by atoms with Crippen LogP contribution in [-0.2, 0) is 10.2 Å². The number of nitrogens with zero attached hydrogens (tertiary/aromatic N) is 4. The summed E-state index contributed by atoms with van der Waals surface area (Å²) in [6.07, 6.45) is 3.43. The van der Waals surface area contributed by atoms with Gasteiger partial charge < -0.3 is 14.8 Å². The molecule has 1 amide bonds. The number of halogens is 1. The molecule has 2 unspecified atom stereocenters. The average Bonchev–Trinajstić information content (AvgIpc) is 3.55. The molecule has 4 rings (SSSR count). The molecule has 0 radical (unpaired) electrons. The van der Waals surface area contributed by atoms with Crippen LogP contribution in [0, 0.1) is 36.9 Å². The highest BCUT2D eigenvalue weighted by molar-refractivity contribution is 5.95. The van der Waals surface area contributed by atoms with Crippen LogP contribution < -0.4 is 14.8 Å². The van der Waals surface area contributed by atoms with Gasteiger partial charge in [-0.15, -0.1) is 0 Å². The van der Waals surface area contributed by atoms with Crippen LogP contribution >= 0.6 is 0 Å². The van der Waals surface area contributed by atoms with Crippen LogP contribution in [0.2, 0.25) is 0 Å². The minimum Gasteiger partial charge on any atom is -0.497 e. The molecular formula is C24H22FN5O3. The number of aryl methyl sites for hydroxylation is 2. The van der Waals surface area contributed by atoms with Crippen LogP contribution in [0.25, 0.3) is 0 Å². The van der Waals surface area contributed by atoms with Gasteiger partial charge in [0, 0.05) is 17.7 Å². The van der Waals surface area contributed by atoms with E-state index < -0.39 is 17.2 Å². The number of carbonyl (C=O) groups is 1. The molecule has 1 aliphatic carbocycles. The highest BCUT2D eigenvalue weighted by Gasteiger charge is 2.60. The number of methoxy groups -OCH3 is 1. The summed E-state index contributed by atoms with van der Waals surface area (Å²) in [6, 6.07) is 9.53. The van der Waals surface area contributed by atoms with Crippen molar-refractivity contribution in [3.63, 3.8) is 0 Å². The molecule has 33 heavy (non-hydrogen) atoms. The van der Waals surface area contributed by atoms with E-state index in [0.29, 0.717) is 46.4 Å². The van der Waals surface area contributed by atoms with Gasteiger partial charge in [0.2, 0.25) is 5.91 Å². The number of rotatable bonds is 7. The maximum Gasteiger partial charge on any atom is 0.229 e. The summed E-state index contributed by atoms with van der Waals surface area (Å²) < 4.78 is 25.6. The first-order valence-corrected chi connectivity index (χ1v) is 10.3. The van der Waals surface area contributed by atoms with Crippen LogP contribution in [0.3, 0.4) is 0 Å². The van der Waals surface area contributed by atoms with Gasteiger partial charge in [0.1, 0.15) is 29.3 Å². The van der Waals surface area contributed by atoms with E-state index in [-0.39, 0.29) is 12.5 Å². The van der Waals surface area contributed by atoms with Crippen LogP contribution in [0.5, 0.6) is 11.5 Å². The number of pyridine rings is 1. The van der Waals surface area contributed by atoms with Gasteiger partial charge in [-0.2, -0.15) is 5.26 Å². The fourth-order valence-corrected chi connectivity index (χ4v) is 3.85. The van der Waals surface area contributed by atoms with Crippen molar-refractivity contribution in [1.82, 2.24) is 15.0 Å². The maximum atomic E-state index is 14.3. The minimum atomic E-state index is -0.761. The molecule has 1 saturated carbocycles. The number of hydrogen-bond donors (Lipinski definition) is 1. The molecule has 0 saturated heterocycles. The highest BCUT2D eigenvalue weighted by atomic mass is 19.1. The number of nitrogens with one attached hydrogen (secondary N) is 1. The first-order chi connectivity index (χ1) is 15.8. The van der Waals surface area contributed by atoms with E-state index in [1.54, 1.807) is 31.3 Å². The molecule has 1 aliphatic rings. The Morgan fingerprint density at radius 1 is 1.27 bits per heavy atom. The highest BCUT2D eigenvalue weighted by Crippen LogP contribution is 2.55. The topological polar surface area (TPSA) is 110 Å². The fraction of sp³-hybridized carbons (Fsp3) is 0.292. The van der Waals surface area contributed by atoms with Crippen molar-refractivity contribution in [2.45, 2.75) is 25.7 Å². The molecule has 1 fully saturated rings. The summed E-state index contributed by atoms with van der Waals surface area (Å²) in [7, 11) is 1.46. The third-order valence-electron chi connectivity index (χ3n) is 5.76. The number of benzene rings is 1. The second-order valence-electron chi connectivity index (χ2n) is 7.98. The third-order valence-corrected chi connectivity index (χ3v) is 5.76. The number of aromatic nitrogens is 3. The minimum absolute atomic E-state index is 0.131. The second-order valence-corrected chi connectivity index (χ2v) is 7.98. The molecule has 9 heteroatoms. The largest absolute Gasteiger partial charge is 0.497 e. The zero-order valence-corrected chi connectivity index (χ0v) is 18.4. The number of ether oxygens (including phenoxy) is 2. The van der Waals surface area contributed by atoms with Crippen molar-refractivity contribution < 1.29 is 18.7 Å². The van der Waals surface area contributed by atoms with Crippen molar-refractivity contribution >= 4 is 11.7 Å². The van der Waals surface area contributed by atoms with Crippen LogP contribution in [-0.4, -0.2) is 34.6 Å². The van der Waals surface area contributed by atoms with Crippen molar-refractivity contribution in [2.75, 3.05) is 19.0 Å². The first kappa shape index (κ1) is 22.1. The lowest BCUT2D eigenvalue weighted by atomic mass is 9.93. The van der Waals surface area contributed by atoms with Crippen molar-refractivity contribution in [3.05, 3.63) is 71.2 Å². The molecule has 3 aromatic rings. The number of amides is 1. The Morgan fingerprint density at radius 3 is 2.76 bits per heavy atom. The predicted molar refractivity (Wildman–Crippen MR) is 117 cm³/mol. The second kappa shape index (κ2) is 8.82. The van der Waals surface area contributed by atoms with Gasteiger partial charge in [-0.25, -0.2) is 19.3 Å². The van der Waals surface area contributed by atoms with E-state index in [0.717, 1.165) is 0 Å². The van der Waals surface area contributed by atoms with E-state index >= 15 is 0 Å². The Labute approximate surface area is 190 Å². The zero-order chi connectivity index (χ0) is 23.6. The van der Waals surface area contributed by atoms with Gasteiger partial charge in [-0.05, 0) is 50.1 Å². The van der Waals surface area contributed by atoms with Crippen LogP contribution in [0.4, 0.5) is 10.2 Å². The number of anilines is 1. The Hall–Kier alpha value is -4.06. The lowest BCUT2D eigenvalue weighted by Crippen LogP contribution is -2.27. The third kappa shape index (κ3) is 4.60. The quantitative estimate of drug-likeness (QED) is 0.590. The molecule has 1 aromatic carbocycles. The first-order valence-electron chi connectivity index (χ1n) is 10.3. The summed E-state index contributed by atoms with van der Waals surface area (Å²) in [6.45, 7) is 3.73. The molecule has 1 N–H and O–H groups in total. The van der Waals surface area contributed by atoms with E-state index in [2.05, 4.69) is 20.3 Å². The van der Waals surface area contributed by atoms with Gasteiger partial charge in [-0.1, -0.05) is 0 Å². The maximum absolute atomic E-state index is 14.3. The Bertz CT molecular complexity index is 1240. The molecular weight excluding hydrogens is 425 g/mol. The average molecular weight is 447 g/mol. The van der Waals surface area contributed by atoms with Crippen molar-refractivity contribution in [1.29, 1.82) is 5.26 Å². The fourth-order valence-electron chi connectivity index (χ4n) is 3.85. The molecule has 0 aliphatic heterocycles. The monoisotopic (exact) mass is 447 g/mol. The smallest absolute Gasteiger partial charge is 0.229 e. The number of carbonyl (C=O) groups excluding carboxylic acids is 1. The van der Waals surface area contributed by atoms with Crippen molar-refractivity contribution in [3.8, 4) is 17.6 Å². The summed E-state index contributed by atoms with van der Waals surface area (Å²) in [5, 5.41) is 11.7. The number of nitriles is 1. The molecule has 8 nitrogen and oxygen atoms in total. The van der Waals surface area contributed by atoms with Gasteiger partial charge in [0.25, 0.3) is 0 Å². The lowest BCUT2D eigenvalue weighted by Gasteiger charge is -2.20. The number of hydrogen-bond acceptors (Lipinski definition) is 7. The van der Waals surface area contributed by atoms with Crippen molar-refractivity contribution in [2.24, 2.45) is 5.92 Å². The Kier molecular flexibility index (Phi) is 5.92. The summed E-state index contributed by atoms with van der Waals surface area (Å²) in [5.74, 6) is 0.618. The van der Waals surface area contributed by atoms with Gasteiger partial charge in [0.05, 0.1) is 37.1 Å². The molecule has 0 bridgehead atoms. The van der Waals surface area contributed by atoms with Gasteiger partial charge >= 0.3 is 0 Å². The normalized spacial score (nSPS) is 18.8. The molecule has 2 atom stereocenters. The van der Waals surface area contributed by atoms with E-state index in [9.17, 15) is 9.18 Å². The van der Waals surface area contributed by atoms with E-state index in [4.69, 9.17) is 14.7 Å². The molecule has 2 aromatic heterocycles. The summed E-state index contributed by atoms with van der Waals surface area (Å²) in [5.41, 5.74) is 0.921. The predicted octanol–water partition coefficient (Wildman–Crippen LogP) is 3.48. The molecule has 0 spiro atoms. The molecule has 168 valence electrons. The molecule has 2 heterocycles. The summed E-state index contributed by atoms with van der Waals surface area (Å²) >= 11 is 0. The summed E-state index contributed by atoms with van der Waals surface area (Å²) in [4.78, 5) is 25.6. The lowest BCUT2D eigenvalue weighted by molar-refractivity contribution is -0.117. The zero-order valence-electron chi connectivity index (χ0n) is 18.4. The van der Waals surface area contributed by atoms with E-state index in [1.165, 1.54) is 25.4 Å². The van der Waals surface area contributed by atoms with Crippen LogP contribution in [0.1, 0.15) is 29.1 Å². The van der Waals surface area contributed by atoms with Gasteiger partial charge in [0.15, 0.2) is 5.75 Å².